The third kappa shape index (κ3) is 5.33. The smallest absolute Gasteiger partial charge is 0.165 e. The summed E-state index contributed by atoms with van der Waals surface area (Å²) in [6, 6.07) is 31.6. The zero-order valence-electron chi connectivity index (χ0n) is 20.5. The van der Waals surface area contributed by atoms with Crippen molar-refractivity contribution in [2.24, 2.45) is 0 Å². The SMILES string of the molecule is N#Cc1ccc(-c2ccc(-c3nc(-c4cccnc4)nc(-c4cc(Br)cc(-c5cccnc5)c4)n3)cc2)cc1. The molecule has 0 saturated carbocycles. The summed E-state index contributed by atoms with van der Waals surface area (Å²) in [5.41, 5.74) is 7.23. The summed E-state index contributed by atoms with van der Waals surface area (Å²) >= 11 is 3.65. The molecule has 184 valence electrons. The largest absolute Gasteiger partial charge is 0.264 e. The Balaban J connectivity index is 1.45. The maximum atomic E-state index is 9.08. The Bertz CT molecular complexity index is 1800. The molecule has 0 atom stereocenters. The second kappa shape index (κ2) is 10.7. The lowest BCUT2D eigenvalue weighted by Gasteiger charge is -2.10. The van der Waals surface area contributed by atoms with E-state index < -0.39 is 0 Å². The highest BCUT2D eigenvalue weighted by Gasteiger charge is 2.14. The van der Waals surface area contributed by atoms with Gasteiger partial charge >= 0.3 is 0 Å². The molecule has 6 aromatic rings. The minimum atomic E-state index is 0.544. The van der Waals surface area contributed by atoms with Gasteiger partial charge in [-0.1, -0.05) is 58.4 Å². The van der Waals surface area contributed by atoms with E-state index in [1.807, 2.05) is 91.1 Å². The average Bonchev–Trinajstić information content (AvgIpc) is 3.01. The summed E-state index contributed by atoms with van der Waals surface area (Å²) in [6.07, 6.45) is 7.07. The van der Waals surface area contributed by atoms with Crippen LogP contribution in [0.2, 0.25) is 0 Å². The lowest BCUT2D eigenvalue weighted by molar-refractivity contribution is 1.07. The van der Waals surface area contributed by atoms with Crippen molar-refractivity contribution in [2.75, 3.05) is 0 Å². The number of rotatable bonds is 5. The van der Waals surface area contributed by atoms with Gasteiger partial charge in [-0.3, -0.25) is 9.97 Å². The third-order valence-corrected chi connectivity index (χ3v) is 6.65. The van der Waals surface area contributed by atoms with Crippen molar-refractivity contribution in [3.05, 3.63) is 126 Å². The molecule has 3 aromatic heterocycles. The number of hydrogen-bond donors (Lipinski definition) is 0. The summed E-state index contributed by atoms with van der Waals surface area (Å²) in [4.78, 5) is 23.0. The predicted molar refractivity (Wildman–Crippen MR) is 155 cm³/mol. The molecule has 0 N–H and O–H groups in total. The number of pyridine rings is 2. The van der Waals surface area contributed by atoms with Crippen LogP contribution in [0.4, 0.5) is 0 Å². The van der Waals surface area contributed by atoms with Gasteiger partial charge in [-0.05, 0) is 65.2 Å². The van der Waals surface area contributed by atoms with Crippen LogP contribution in [0.1, 0.15) is 5.56 Å². The highest BCUT2D eigenvalue weighted by molar-refractivity contribution is 9.10. The molecule has 7 heteroatoms. The minimum Gasteiger partial charge on any atom is -0.264 e. The zero-order chi connectivity index (χ0) is 26.6. The van der Waals surface area contributed by atoms with Crippen molar-refractivity contribution >= 4 is 15.9 Å². The molecular formula is C32H19BrN6. The Morgan fingerprint density at radius 1 is 0.513 bits per heavy atom. The Kier molecular flexibility index (Phi) is 6.69. The molecule has 6 nitrogen and oxygen atoms in total. The van der Waals surface area contributed by atoms with Crippen LogP contribution >= 0.6 is 15.9 Å². The first kappa shape index (κ1) is 24.3. The maximum absolute atomic E-state index is 9.08. The quantitative estimate of drug-likeness (QED) is 0.213. The standard InChI is InChI=1S/C32H19BrN6/c33-29-16-27(25-3-1-13-35-19-25)15-28(17-29)32-38-30(37-31(39-32)26-4-2-14-36-20-26)24-11-9-23(10-12-24)22-7-5-21(18-34)6-8-22/h1-17,19-20H. The van der Waals surface area contributed by atoms with Gasteiger partial charge in [-0.2, -0.15) is 5.26 Å². The Labute approximate surface area is 233 Å². The number of aromatic nitrogens is 5. The van der Waals surface area contributed by atoms with Crippen LogP contribution < -0.4 is 0 Å². The van der Waals surface area contributed by atoms with Crippen LogP contribution in [0.25, 0.3) is 56.4 Å². The van der Waals surface area contributed by atoms with E-state index in [4.69, 9.17) is 20.2 Å². The van der Waals surface area contributed by atoms with Crippen molar-refractivity contribution in [2.45, 2.75) is 0 Å². The van der Waals surface area contributed by atoms with Crippen LogP contribution in [0.15, 0.2) is 120 Å². The zero-order valence-corrected chi connectivity index (χ0v) is 22.1. The molecule has 0 aliphatic heterocycles. The van der Waals surface area contributed by atoms with E-state index in [1.54, 1.807) is 18.6 Å². The van der Waals surface area contributed by atoms with Crippen molar-refractivity contribution in [3.63, 3.8) is 0 Å². The fourth-order valence-electron chi connectivity index (χ4n) is 4.23. The lowest BCUT2D eigenvalue weighted by Crippen LogP contribution is -2.00. The monoisotopic (exact) mass is 566 g/mol. The van der Waals surface area contributed by atoms with E-state index in [2.05, 4.69) is 38.0 Å². The Morgan fingerprint density at radius 3 is 1.62 bits per heavy atom. The molecule has 0 aliphatic rings. The molecule has 0 fully saturated rings. The minimum absolute atomic E-state index is 0.544. The first-order valence-corrected chi connectivity index (χ1v) is 12.9. The third-order valence-electron chi connectivity index (χ3n) is 6.20. The molecule has 0 unspecified atom stereocenters. The van der Waals surface area contributed by atoms with E-state index >= 15 is 0 Å². The van der Waals surface area contributed by atoms with Crippen LogP contribution in [0.5, 0.6) is 0 Å². The molecule has 0 spiro atoms. The van der Waals surface area contributed by atoms with E-state index in [0.717, 1.165) is 43.4 Å². The normalized spacial score (nSPS) is 10.7. The van der Waals surface area contributed by atoms with Crippen LogP contribution in [-0.4, -0.2) is 24.9 Å². The average molecular weight is 567 g/mol. The van der Waals surface area contributed by atoms with Crippen molar-refractivity contribution in [3.8, 4) is 62.5 Å². The number of benzene rings is 3. The number of halogens is 1. The van der Waals surface area contributed by atoms with Crippen molar-refractivity contribution in [1.29, 1.82) is 5.26 Å². The lowest BCUT2D eigenvalue weighted by atomic mass is 10.0. The first-order chi connectivity index (χ1) is 19.2. The first-order valence-electron chi connectivity index (χ1n) is 12.1. The van der Waals surface area contributed by atoms with E-state index in [-0.39, 0.29) is 0 Å². The van der Waals surface area contributed by atoms with Gasteiger partial charge in [0, 0.05) is 51.5 Å². The fourth-order valence-corrected chi connectivity index (χ4v) is 4.72. The molecule has 0 saturated heterocycles. The second-order valence-corrected chi connectivity index (χ2v) is 9.70. The molecule has 3 aromatic carbocycles. The molecule has 39 heavy (non-hydrogen) atoms. The summed E-state index contributed by atoms with van der Waals surface area (Å²) in [6.45, 7) is 0. The molecular weight excluding hydrogens is 548 g/mol. The van der Waals surface area contributed by atoms with Crippen LogP contribution in [-0.2, 0) is 0 Å². The fraction of sp³-hybridized carbons (Fsp3) is 0. The number of nitrogens with zero attached hydrogens (tertiary/aromatic N) is 6. The Morgan fingerprint density at radius 2 is 1.03 bits per heavy atom. The van der Waals surface area contributed by atoms with Crippen LogP contribution in [0.3, 0.4) is 0 Å². The summed E-state index contributed by atoms with van der Waals surface area (Å²) < 4.78 is 0.913. The number of nitriles is 1. The van der Waals surface area contributed by atoms with E-state index in [1.165, 1.54) is 0 Å². The number of hydrogen-bond acceptors (Lipinski definition) is 6. The molecule has 3 heterocycles. The van der Waals surface area contributed by atoms with E-state index in [0.29, 0.717) is 23.0 Å². The van der Waals surface area contributed by atoms with Crippen LogP contribution in [0, 0.1) is 11.3 Å². The maximum Gasteiger partial charge on any atom is 0.165 e. The molecule has 0 radical (unpaired) electrons. The van der Waals surface area contributed by atoms with Gasteiger partial charge in [0.2, 0.25) is 0 Å². The predicted octanol–water partition coefficient (Wildman–Crippen LogP) is 7.63. The van der Waals surface area contributed by atoms with Gasteiger partial charge in [0.05, 0.1) is 11.6 Å². The van der Waals surface area contributed by atoms with Gasteiger partial charge < -0.3 is 0 Å². The Hall–Kier alpha value is -5.06. The van der Waals surface area contributed by atoms with Crippen molar-refractivity contribution < 1.29 is 0 Å². The summed E-state index contributed by atoms with van der Waals surface area (Å²) in [5, 5.41) is 9.08. The van der Waals surface area contributed by atoms with Gasteiger partial charge in [0.1, 0.15) is 0 Å². The van der Waals surface area contributed by atoms with Gasteiger partial charge in [0.15, 0.2) is 17.5 Å². The molecule has 0 amide bonds. The highest BCUT2D eigenvalue weighted by Crippen LogP contribution is 2.31. The molecule has 6 rings (SSSR count). The van der Waals surface area contributed by atoms with Gasteiger partial charge in [0.25, 0.3) is 0 Å². The molecule has 0 aliphatic carbocycles. The molecule has 0 bridgehead atoms. The topological polar surface area (TPSA) is 88.2 Å². The van der Waals surface area contributed by atoms with Gasteiger partial charge in [-0.25, -0.2) is 15.0 Å². The second-order valence-electron chi connectivity index (χ2n) is 8.78. The summed E-state index contributed by atoms with van der Waals surface area (Å²) in [5.74, 6) is 1.66. The van der Waals surface area contributed by atoms with Crippen molar-refractivity contribution in [1.82, 2.24) is 24.9 Å². The van der Waals surface area contributed by atoms with E-state index in [9.17, 15) is 0 Å². The summed E-state index contributed by atoms with van der Waals surface area (Å²) in [7, 11) is 0. The van der Waals surface area contributed by atoms with Gasteiger partial charge in [-0.15, -0.1) is 0 Å². The highest BCUT2D eigenvalue weighted by atomic mass is 79.9.